The number of carbonyl (C=O) groups excluding carboxylic acids is 1. The van der Waals surface area contributed by atoms with Crippen LogP contribution in [0.5, 0.6) is 5.75 Å². The van der Waals surface area contributed by atoms with E-state index < -0.39 is 5.41 Å². The highest BCUT2D eigenvalue weighted by molar-refractivity contribution is 5.68. The van der Waals surface area contributed by atoms with Crippen LogP contribution in [0.1, 0.15) is 46.6 Å². The fraction of sp³-hybridized carbons (Fsp3) is 0.562. The van der Waals surface area contributed by atoms with Crippen molar-refractivity contribution in [2.24, 2.45) is 5.73 Å². The molecule has 0 spiro atoms. The van der Waals surface area contributed by atoms with Crippen molar-refractivity contribution in [3.8, 4) is 5.75 Å². The molecular formula is C16H29NO2. The van der Waals surface area contributed by atoms with Gasteiger partial charge >= 0.3 is 0 Å². The Morgan fingerprint density at radius 1 is 1.16 bits per heavy atom. The minimum absolute atomic E-state index is 0.485. The molecule has 0 aliphatic heterocycles. The van der Waals surface area contributed by atoms with Gasteiger partial charge in [-0.25, -0.2) is 0 Å². The van der Waals surface area contributed by atoms with E-state index in [4.69, 9.17) is 10.5 Å². The summed E-state index contributed by atoms with van der Waals surface area (Å²) < 4.78 is 5.06. The van der Waals surface area contributed by atoms with Crippen LogP contribution in [0.15, 0.2) is 24.3 Å². The number of nitrogens with two attached hydrogens (primary N) is 1. The summed E-state index contributed by atoms with van der Waals surface area (Å²) in [5.41, 5.74) is 5.99. The molecule has 0 bridgehead atoms. The smallest absolute Gasteiger partial charge is 0.130 e. The Bertz CT molecular complexity index is 322. The average Bonchev–Trinajstić information content (AvgIpc) is 2.51. The number of ether oxygens (including phenoxy) is 1. The van der Waals surface area contributed by atoms with Gasteiger partial charge in [0, 0.05) is 5.41 Å². The highest BCUT2D eigenvalue weighted by Crippen LogP contribution is 2.26. The zero-order valence-corrected chi connectivity index (χ0v) is 13.2. The summed E-state index contributed by atoms with van der Waals surface area (Å²) in [6.45, 7) is 10.4. The van der Waals surface area contributed by atoms with Gasteiger partial charge in [0.1, 0.15) is 12.0 Å². The molecule has 0 fully saturated rings. The quantitative estimate of drug-likeness (QED) is 0.830. The first-order valence-electron chi connectivity index (χ1n) is 6.97. The average molecular weight is 267 g/mol. The molecule has 2 N–H and O–H groups in total. The third-order valence-electron chi connectivity index (χ3n) is 2.67. The van der Waals surface area contributed by atoms with Gasteiger partial charge in [0.05, 0.1) is 7.11 Å². The van der Waals surface area contributed by atoms with E-state index in [1.807, 2.05) is 58.9 Å². The van der Waals surface area contributed by atoms with Crippen molar-refractivity contribution in [1.82, 2.24) is 0 Å². The topological polar surface area (TPSA) is 52.3 Å². The maximum Gasteiger partial charge on any atom is 0.130 e. The summed E-state index contributed by atoms with van der Waals surface area (Å²) in [4.78, 5) is 11.1. The summed E-state index contributed by atoms with van der Waals surface area (Å²) >= 11 is 0. The number of rotatable bonds is 5. The van der Waals surface area contributed by atoms with Crippen LogP contribution in [0.2, 0.25) is 0 Å². The lowest BCUT2D eigenvalue weighted by Crippen LogP contribution is -2.27. The van der Waals surface area contributed by atoms with Crippen molar-refractivity contribution in [3.63, 3.8) is 0 Å². The Morgan fingerprint density at radius 3 is 1.95 bits per heavy atom. The Morgan fingerprint density at radius 2 is 1.63 bits per heavy atom. The first-order valence-corrected chi connectivity index (χ1v) is 6.97. The van der Waals surface area contributed by atoms with Gasteiger partial charge in [0.25, 0.3) is 0 Å². The lowest BCUT2D eigenvalue weighted by molar-refractivity contribution is -0.112. The Labute approximate surface area is 118 Å². The van der Waals surface area contributed by atoms with Crippen molar-refractivity contribution in [2.45, 2.75) is 46.5 Å². The molecule has 0 aliphatic carbocycles. The van der Waals surface area contributed by atoms with Crippen LogP contribution in [0.3, 0.4) is 0 Å². The standard InChI is InChI=1S/C12H17NO2.2C2H6/c1-12(9-14,7-8-13)10-3-5-11(15-2)6-4-10;2*1-2/h3-6,9H,7-8,13H2,1-2H3;2*1-2H3. The van der Waals surface area contributed by atoms with Crippen LogP contribution in [0.4, 0.5) is 0 Å². The number of carbonyl (C=O) groups is 1. The largest absolute Gasteiger partial charge is 0.497 e. The monoisotopic (exact) mass is 267 g/mol. The van der Waals surface area contributed by atoms with E-state index in [1.165, 1.54) is 0 Å². The van der Waals surface area contributed by atoms with E-state index in [0.717, 1.165) is 17.6 Å². The normalized spacial score (nSPS) is 11.9. The zero-order valence-electron chi connectivity index (χ0n) is 13.2. The molecule has 3 heteroatoms. The fourth-order valence-electron chi connectivity index (χ4n) is 1.54. The Hall–Kier alpha value is -1.35. The predicted molar refractivity (Wildman–Crippen MR) is 82.8 cm³/mol. The second kappa shape index (κ2) is 11.7. The first-order chi connectivity index (χ1) is 9.16. The SMILES string of the molecule is CC.CC.COc1ccc(C(C)(C=O)CCN)cc1. The molecule has 0 aromatic heterocycles. The minimum Gasteiger partial charge on any atom is -0.497 e. The van der Waals surface area contributed by atoms with Gasteiger partial charge in [0.15, 0.2) is 0 Å². The van der Waals surface area contributed by atoms with Gasteiger partial charge in [-0.15, -0.1) is 0 Å². The van der Waals surface area contributed by atoms with Gasteiger partial charge in [-0.3, -0.25) is 0 Å². The van der Waals surface area contributed by atoms with E-state index in [1.54, 1.807) is 7.11 Å². The molecule has 1 aromatic carbocycles. The molecule has 1 unspecified atom stereocenters. The Kier molecular flexibility index (Phi) is 12.3. The van der Waals surface area contributed by atoms with E-state index >= 15 is 0 Å². The molecule has 1 aromatic rings. The number of methoxy groups -OCH3 is 1. The molecule has 3 nitrogen and oxygen atoms in total. The van der Waals surface area contributed by atoms with E-state index in [2.05, 4.69) is 0 Å². The van der Waals surface area contributed by atoms with Crippen molar-refractivity contribution in [1.29, 1.82) is 0 Å². The van der Waals surface area contributed by atoms with E-state index in [0.29, 0.717) is 13.0 Å². The number of aldehydes is 1. The third-order valence-corrected chi connectivity index (χ3v) is 2.67. The summed E-state index contributed by atoms with van der Waals surface area (Å²) in [6.07, 6.45) is 1.62. The van der Waals surface area contributed by atoms with Gasteiger partial charge in [-0.1, -0.05) is 39.8 Å². The molecule has 0 saturated carbocycles. The predicted octanol–water partition coefficient (Wildman–Crippen LogP) is 3.55. The Balaban J connectivity index is 0. The summed E-state index contributed by atoms with van der Waals surface area (Å²) in [6, 6.07) is 7.52. The van der Waals surface area contributed by atoms with E-state index in [-0.39, 0.29) is 0 Å². The van der Waals surface area contributed by atoms with Gasteiger partial charge < -0.3 is 15.3 Å². The molecule has 0 saturated heterocycles. The van der Waals surface area contributed by atoms with Crippen LogP contribution in [0, 0.1) is 0 Å². The second-order valence-electron chi connectivity index (χ2n) is 3.80. The molecular weight excluding hydrogens is 238 g/mol. The highest BCUT2D eigenvalue weighted by atomic mass is 16.5. The van der Waals surface area contributed by atoms with E-state index in [9.17, 15) is 4.79 Å². The lowest BCUT2D eigenvalue weighted by Gasteiger charge is -2.22. The van der Waals surface area contributed by atoms with Crippen molar-refractivity contribution >= 4 is 6.29 Å². The van der Waals surface area contributed by atoms with Crippen LogP contribution in [-0.4, -0.2) is 19.9 Å². The minimum atomic E-state index is -0.485. The van der Waals surface area contributed by atoms with Crippen LogP contribution in [0.25, 0.3) is 0 Å². The maximum atomic E-state index is 11.1. The van der Waals surface area contributed by atoms with Crippen LogP contribution >= 0.6 is 0 Å². The second-order valence-corrected chi connectivity index (χ2v) is 3.80. The molecule has 0 heterocycles. The first kappa shape index (κ1) is 20.0. The van der Waals surface area contributed by atoms with Crippen LogP contribution in [-0.2, 0) is 10.2 Å². The maximum absolute atomic E-state index is 11.1. The summed E-state index contributed by atoms with van der Waals surface area (Å²) in [5, 5.41) is 0. The molecule has 0 aliphatic rings. The van der Waals surface area contributed by atoms with Crippen molar-refractivity contribution < 1.29 is 9.53 Å². The molecule has 0 radical (unpaired) electrons. The molecule has 1 rings (SSSR count). The lowest BCUT2D eigenvalue weighted by atomic mass is 9.81. The molecule has 110 valence electrons. The molecule has 1 atom stereocenters. The van der Waals surface area contributed by atoms with Gasteiger partial charge in [0.2, 0.25) is 0 Å². The number of hydrogen-bond donors (Lipinski definition) is 1. The van der Waals surface area contributed by atoms with Gasteiger partial charge in [-0.05, 0) is 37.6 Å². The fourth-order valence-corrected chi connectivity index (χ4v) is 1.54. The zero-order chi connectivity index (χ0) is 15.3. The summed E-state index contributed by atoms with van der Waals surface area (Å²) in [5.74, 6) is 0.791. The molecule has 19 heavy (non-hydrogen) atoms. The highest BCUT2D eigenvalue weighted by Gasteiger charge is 2.24. The number of benzene rings is 1. The number of hydrogen-bond acceptors (Lipinski definition) is 3. The van der Waals surface area contributed by atoms with Crippen LogP contribution < -0.4 is 10.5 Å². The summed E-state index contributed by atoms with van der Waals surface area (Å²) in [7, 11) is 1.62. The molecule has 0 amide bonds. The van der Waals surface area contributed by atoms with Crippen molar-refractivity contribution in [3.05, 3.63) is 29.8 Å². The van der Waals surface area contributed by atoms with Gasteiger partial charge in [-0.2, -0.15) is 0 Å². The van der Waals surface area contributed by atoms with Crippen molar-refractivity contribution in [2.75, 3.05) is 13.7 Å². The third kappa shape index (κ3) is 6.39.